The molecule has 0 bridgehead atoms. The third-order valence-electron chi connectivity index (χ3n) is 2.83. The van der Waals surface area contributed by atoms with Crippen molar-refractivity contribution in [2.24, 2.45) is 0 Å². The molecule has 17 heavy (non-hydrogen) atoms. The van der Waals surface area contributed by atoms with Crippen molar-refractivity contribution >= 4 is 15.9 Å². The van der Waals surface area contributed by atoms with E-state index in [0.29, 0.717) is 0 Å². The Kier molecular flexibility index (Phi) is 3.95. The first-order valence-electron chi connectivity index (χ1n) is 5.61. The highest BCUT2D eigenvalue weighted by atomic mass is 79.9. The Morgan fingerprint density at radius 1 is 1.12 bits per heavy atom. The van der Waals surface area contributed by atoms with Crippen molar-refractivity contribution in [2.75, 3.05) is 0 Å². The van der Waals surface area contributed by atoms with E-state index < -0.39 is 0 Å². The molecule has 0 heterocycles. The summed E-state index contributed by atoms with van der Waals surface area (Å²) in [6.07, 6.45) is 0.910. The SMILES string of the molecule is Cc1cc(F)ccc1C(Br)Cc1ccccc1. The van der Waals surface area contributed by atoms with Crippen LogP contribution in [-0.4, -0.2) is 0 Å². The van der Waals surface area contributed by atoms with E-state index in [1.165, 1.54) is 11.6 Å². The molecule has 2 heteroatoms. The lowest BCUT2D eigenvalue weighted by molar-refractivity contribution is 0.625. The summed E-state index contributed by atoms with van der Waals surface area (Å²) in [6, 6.07) is 15.2. The number of aryl methyl sites for hydroxylation is 1. The Morgan fingerprint density at radius 3 is 2.47 bits per heavy atom. The molecule has 0 spiro atoms. The normalized spacial score (nSPS) is 12.4. The highest BCUT2D eigenvalue weighted by Gasteiger charge is 2.11. The third kappa shape index (κ3) is 3.16. The molecule has 0 aromatic heterocycles. The van der Waals surface area contributed by atoms with Gasteiger partial charge in [-0.3, -0.25) is 0 Å². The van der Waals surface area contributed by atoms with Crippen LogP contribution in [-0.2, 0) is 6.42 Å². The van der Waals surface area contributed by atoms with Gasteiger partial charge in [0.2, 0.25) is 0 Å². The van der Waals surface area contributed by atoms with E-state index in [0.717, 1.165) is 17.5 Å². The number of rotatable bonds is 3. The molecule has 0 radical (unpaired) electrons. The lowest BCUT2D eigenvalue weighted by atomic mass is 10.0. The van der Waals surface area contributed by atoms with E-state index in [-0.39, 0.29) is 10.6 Å². The zero-order valence-electron chi connectivity index (χ0n) is 9.66. The predicted octanol–water partition coefficient (Wildman–Crippen LogP) is 4.81. The van der Waals surface area contributed by atoms with Crippen LogP contribution >= 0.6 is 15.9 Å². The minimum Gasteiger partial charge on any atom is -0.207 e. The number of alkyl halides is 1. The highest BCUT2D eigenvalue weighted by Crippen LogP contribution is 2.29. The summed E-state index contributed by atoms with van der Waals surface area (Å²) >= 11 is 3.68. The van der Waals surface area contributed by atoms with Crippen LogP contribution in [0.15, 0.2) is 48.5 Å². The maximum atomic E-state index is 13.0. The van der Waals surface area contributed by atoms with E-state index in [1.54, 1.807) is 6.07 Å². The lowest BCUT2D eigenvalue weighted by Crippen LogP contribution is -1.98. The molecule has 0 aliphatic rings. The maximum Gasteiger partial charge on any atom is 0.123 e. The van der Waals surface area contributed by atoms with Crippen molar-refractivity contribution in [3.63, 3.8) is 0 Å². The zero-order chi connectivity index (χ0) is 12.3. The average Bonchev–Trinajstić information content (AvgIpc) is 2.30. The molecule has 1 unspecified atom stereocenters. The van der Waals surface area contributed by atoms with Gasteiger partial charge in [0, 0.05) is 4.83 Å². The molecule has 2 aromatic rings. The van der Waals surface area contributed by atoms with Crippen LogP contribution in [0, 0.1) is 12.7 Å². The number of halogens is 2. The second kappa shape index (κ2) is 5.46. The summed E-state index contributed by atoms with van der Waals surface area (Å²) in [5.74, 6) is -0.175. The molecular formula is C15H14BrF. The summed E-state index contributed by atoms with van der Waals surface area (Å²) in [4.78, 5) is 0.227. The maximum absolute atomic E-state index is 13.0. The highest BCUT2D eigenvalue weighted by molar-refractivity contribution is 9.09. The first-order chi connectivity index (χ1) is 8.16. The van der Waals surface area contributed by atoms with Gasteiger partial charge in [0.1, 0.15) is 5.82 Å². The molecule has 0 aliphatic carbocycles. The van der Waals surface area contributed by atoms with Gasteiger partial charge in [0.05, 0.1) is 0 Å². The lowest BCUT2D eigenvalue weighted by Gasteiger charge is -2.13. The Morgan fingerprint density at radius 2 is 1.82 bits per heavy atom. The molecule has 0 nitrogen and oxygen atoms in total. The quantitative estimate of drug-likeness (QED) is 0.712. The first-order valence-corrected chi connectivity index (χ1v) is 6.52. The fourth-order valence-corrected chi connectivity index (χ4v) is 2.81. The Balaban J connectivity index is 2.17. The average molecular weight is 293 g/mol. The van der Waals surface area contributed by atoms with Gasteiger partial charge in [-0.15, -0.1) is 0 Å². The Bertz CT molecular complexity index is 494. The first kappa shape index (κ1) is 12.3. The fraction of sp³-hybridized carbons (Fsp3) is 0.200. The molecule has 2 rings (SSSR count). The molecule has 2 aromatic carbocycles. The molecule has 0 fully saturated rings. The van der Waals surface area contributed by atoms with Gasteiger partial charge in [-0.05, 0) is 42.2 Å². The number of benzene rings is 2. The van der Waals surface area contributed by atoms with Crippen LogP contribution in [0.2, 0.25) is 0 Å². The van der Waals surface area contributed by atoms with E-state index in [1.807, 2.05) is 31.2 Å². The van der Waals surface area contributed by atoms with Crippen LogP contribution in [0.25, 0.3) is 0 Å². The van der Waals surface area contributed by atoms with Crippen LogP contribution in [0.5, 0.6) is 0 Å². The summed E-state index contributed by atoms with van der Waals surface area (Å²) < 4.78 is 13.0. The van der Waals surface area contributed by atoms with E-state index in [4.69, 9.17) is 0 Å². The zero-order valence-corrected chi connectivity index (χ0v) is 11.2. The molecule has 0 N–H and O–H groups in total. The molecule has 0 aliphatic heterocycles. The second-order valence-electron chi connectivity index (χ2n) is 4.16. The van der Waals surface area contributed by atoms with Gasteiger partial charge >= 0.3 is 0 Å². The molecule has 0 saturated heterocycles. The molecule has 1 atom stereocenters. The van der Waals surface area contributed by atoms with Crippen molar-refractivity contribution in [3.8, 4) is 0 Å². The van der Waals surface area contributed by atoms with Crippen molar-refractivity contribution < 1.29 is 4.39 Å². The van der Waals surface area contributed by atoms with Gasteiger partial charge < -0.3 is 0 Å². The van der Waals surface area contributed by atoms with Gasteiger partial charge in [-0.1, -0.05) is 52.3 Å². The van der Waals surface area contributed by atoms with Crippen LogP contribution < -0.4 is 0 Å². The third-order valence-corrected chi connectivity index (χ3v) is 3.64. The molecular weight excluding hydrogens is 279 g/mol. The van der Waals surface area contributed by atoms with Crippen LogP contribution in [0.3, 0.4) is 0 Å². The smallest absolute Gasteiger partial charge is 0.123 e. The van der Waals surface area contributed by atoms with Crippen molar-refractivity contribution in [3.05, 3.63) is 71.0 Å². The molecule has 0 saturated carbocycles. The topological polar surface area (TPSA) is 0 Å². The molecule has 0 amide bonds. The van der Waals surface area contributed by atoms with Gasteiger partial charge in [0.25, 0.3) is 0 Å². The number of hydrogen-bond acceptors (Lipinski definition) is 0. The van der Waals surface area contributed by atoms with E-state index >= 15 is 0 Å². The van der Waals surface area contributed by atoms with E-state index in [9.17, 15) is 4.39 Å². The standard InChI is InChI=1S/C15H14BrF/c1-11-9-13(17)7-8-14(11)15(16)10-12-5-3-2-4-6-12/h2-9,15H,10H2,1H3. The van der Waals surface area contributed by atoms with Gasteiger partial charge in [-0.25, -0.2) is 4.39 Å². The Hall–Kier alpha value is -1.15. The van der Waals surface area contributed by atoms with Crippen molar-refractivity contribution in [1.82, 2.24) is 0 Å². The minimum absolute atomic E-state index is 0.175. The number of hydrogen-bond donors (Lipinski definition) is 0. The van der Waals surface area contributed by atoms with Crippen LogP contribution in [0.1, 0.15) is 21.5 Å². The van der Waals surface area contributed by atoms with E-state index in [2.05, 4.69) is 28.1 Å². The summed E-state index contributed by atoms with van der Waals surface area (Å²) in [5, 5.41) is 0. The van der Waals surface area contributed by atoms with Crippen LogP contribution in [0.4, 0.5) is 4.39 Å². The van der Waals surface area contributed by atoms with Gasteiger partial charge in [0.15, 0.2) is 0 Å². The van der Waals surface area contributed by atoms with Gasteiger partial charge in [-0.2, -0.15) is 0 Å². The predicted molar refractivity (Wildman–Crippen MR) is 73.0 cm³/mol. The summed E-state index contributed by atoms with van der Waals surface area (Å²) in [6.45, 7) is 1.94. The molecule has 88 valence electrons. The largest absolute Gasteiger partial charge is 0.207 e. The minimum atomic E-state index is -0.175. The summed E-state index contributed by atoms with van der Waals surface area (Å²) in [5.41, 5.74) is 3.41. The fourth-order valence-electron chi connectivity index (χ4n) is 1.92. The monoisotopic (exact) mass is 292 g/mol. The van der Waals surface area contributed by atoms with Crippen molar-refractivity contribution in [2.45, 2.75) is 18.2 Å². The Labute approximate surface area is 110 Å². The second-order valence-corrected chi connectivity index (χ2v) is 5.26. The van der Waals surface area contributed by atoms with Crippen molar-refractivity contribution in [1.29, 1.82) is 0 Å². The summed E-state index contributed by atoms with van der Waals surface area (Å²) in [7, 11) is 0.